The third-order valence-electron chi connectivity index (χ3n) is 7.11. The number of pyridine rings is 1. The number of allylic oxidation sites excluding steroid dienone is 4. The van der Waals surface area contributed by atoms with Gasteiger partial charge in [0.05, 0.1) is 6.54 Å². The number of nitrogens with one attached hydrogen (secondary N) is 1. The first-order chi connectivity index (χ1) is 19.5. The average Bonchev–Trinajstić information content (AvgIpc) is 3.34. The highest BCUT2D eigenvalue weighted by molar-refractivity contribution is 5.95. The molecule has 216 valence electrons. The Bertz CT molecular complexity index is 1440. The van der Waals surface area contributed by atoms with Crippen LogP contribution < -0.4 is 5.32 Å². The molecular weight excluding hydrogens is 535 g/mol. The van der Waals surface area contributed by atoms with Crippen LogP contribution in [0.25, 0.3) is 11.1 Å². The SMILES string of the molecule is CC(C)(C)OC(=O)NCC1=CC2CC(c3ccc(C(=O)N4CCC(F)CC4)cc3)=CC(c3ccc(F)nc3F)=C2O1. The number of nitrogens with zero attached hydrogens (tertiary/aromatic N) is 2. The Morgan fingerprint density at radius 2 is 1.80 bits per heavy atom. The van der Waals surface area contributed by atoms with E-state index in [4.69, 9.17) is 9.47 Å². The maximum Gasteiger partial charge on any atom is 0.408 e. The third kappa shape index (κ3) is 6.64. The van der Waals surface area contributed by atoms with Crippen molar-refractivity contribution in [2.45, 2.75) is 51.8 Å². The lowest BCUT2D eigenvalue weighted by atomic mass is 9.83. The lowest BCUT2D eigenvalue weighted by Gasteiger charge is -2.28. The number of piperidine rings is 1. The summed E-state index contributed by atoms with van der Waals surface area (Å²) in [5.41, 5.74) is 2.03. The van der Waals surface area contributed by atoms with Crippen LogP contribution in [0.1, 0.15) is 61.5 Å². The molecule has 1 atom stereocenters. The predicted molar refractivity (Wildman–Crippen MR) is 147 cm³/mol. The fourth-order valence-electron chi connectivity index (χ4n) is 5.15. The van der Waals surface area contributed by atoms with Gasteiger partial charge < -0.3 is 19.7 Å². The molecule has 1 aromatic carbocycles. The molecule has 0 spiro atoms. The number of benzene rings is 1. The second kappa shape index (κ2) is 11.4. The minimum absolute atomic E-state index is 0.0676. The molecule has 3 aliphatic rings. The number of hydrogen-bond acceptors (Lipinski definition) is 5. The van der Waals surface area contributed by atoms with Crippen LogP contribution in [-0.2, 0) is 9.47 Å². The summed E-state index contributed by atoms with van der Waals surface area (Å²) in [5, 5.41) is 2.67. The Morgan fingerprint density at radius 3 is 2.46 bits per heavy atom. The van der Waals surface area contributed by atoms with E-state index < -0.39 is 29.8 Å². The van der Waals surface area contributed by atoms with E-state index in [0.29, 0.717) is 55.0 Å². The normalized spacial score (nSPS) is 19.3. The van der Waals surface area contributed by atoms with E-state index in [2.05, 4.69) is 10.3 Å². The molecule has 2 amide bonds. The molecule has 2 aliphatic heterocycles. The first-order valence-corrected chi connectivity index (χ1v) is 13.6. The quantitative estimate of drug-likeness (QED) is 0.436. The maximum absolute atomic E-state index is 14.8. The Kier molecular flexibility index (Phi) is 7.93. The van der Waals surface area contributed by atoms with Crippen LogP contribution in [0.5, 0.6) is 0 Å². The van der Waals surface area contributed by atoms with E-state index in [9.17, 15) is 22.8 Å². The Hall–Kier alpha value is -4.08. The highest BCUT2D eigenvalue weighted by Crippen LogP contribution is 2.44. The summed E-state index contributed by atoms with van der Waals surface area (Å²) in [6, 6.07) is 9.52. The maximum atomic E-state index is 14.8. The number of alkyl carbamates (subject to hydrolysis) is 1. The van der Waals surface area contributed by atoms with Crippen molar-refractivity contribution in [2.75, 3.05) is 19.6 Å². The number of rotatable bonds is 5. The largest absolute Gasteiger partial charge is 0.463 e. The smallest absolute Gasteiger partial charge is 0.408 e. The van der Waals surface area contributed by atoms with Gasteiger partial charge in [0.25, 0.3) is 5.91 Å². The van der Waals surface area contributed by atoms with Gasteiger partial charge in [-0.25, -0.2) is 9.18 Å². The number of aromatic nitrogens is 1. The summed E-state index contributed by atoms with van der Waals surface area (Å²) in [4.78, 5) is 30.1. The van der Waals surface area contributed by atoms with Gasteiger partial charge in [0, 0.05) is 35.7 Å². The van der Waals surface area contributed by atoms with E-state index in [1.54, 1.807) is 43.9 Å². The van der Waals surface area contributed by atoms with Crippen molar-refractivity contribution in [3.05, 3.63) is 88.7 Å². The summed E-state index contributed by atoms with van der Waals surface area (Å²) < 4.78 is 53.3. The molecule has 3 heterocycles. The summed E-state index contributed by atoms with van der Waals surface area (Å²) in [5.74, 6) is -1.37. The molecule has 0 radical (unpaired) electrons. The molecule has 0 bridgehead atoms. The van der Waals surface area contributed by atoms with Crippen LogP contribution in [0.15, 0.2) is 60.1 Å². The summed E-state index contributed by atoms with van der Waals surface area (Å²) in [6.07, 6.45) is 3.39. The number of likely N-dealkylation sites (tertiary alicyclic amines) is 1. The molecule has 1 N–H and O–H groups in total. The van der Waals surface area contributed by atoms with E-state index in [0.717, 1.165) is 17.2 Å². The Morgan fingerprint density at radius 1 is 1.10 bits per heavy atom. The zero-order valence-corrected chi connectivity index (χ0v) is 23.2. The van der Waals surface area contributed by atoms with Gasteiger partial charge in [0.15, 0.2) is 0 Å². The molecule has 1 unspecified atom stereocenters. The van der Waals surface area contributed by atoms with E-state index in [1.165, 1.54) is 6.07 Å². The van der Waals surface area contributed by atoms with Crippen LogP contribution in [0.4, 0.5) is 18.0 Å². The zero-order chi connectivity index (χ0) is 29.3. The number of carbonyl (C=O) groups is 2. The Balaban J connectivity index is 1.39. The minimum Gasteiger partial charge on any atom is -0.463 e. The van der Waals surface area contributed by atoms with Gasteiger partial charge in [0.2, 0.25) is 11.9 Å². The molecule has 1 fully saturated rings. The van der Waals surface area contributed by atoms with Gasteiger partial charge in [-0.05, 0) is 87.6 Å². The first-order valence-electron chi connectivity index (χ1n) is 13.6. The van der Waals surface area contributed by atoms with Gasteiger partial charge in [-0.1, -0.05) is 12.1 Å². The van der Waals surface area contributed by atoms with Crippen molar-refractivity contribution in [1.29, 1.82) is 0 Å². The van der Waals surface area contributed by atoms with Crippen LogP contribution in [0, 0.1) is 17.8 Å². The molecule has 5 rings (SSSR count). The zero-order valence-electron chi connectivity index (χ0n) is 23.2. The number of ether oxygens (including phenoxy) is 2. The third-order valence-corrected chi connectivity index (χ3v) is 7.11. The monoisotopic (exact) mass is 567 g/mol. The van der Waals surface area contributed by atoms with E-state index >= 15 is 0 Å². The molecule has 1 saturated heterocycles. The second-order valence-electron chi connectivity index (χ2n) is 11.4. The fraction of sp³-hybridized carbons (Fsp3) is 0.387. The van der Waals surface area contributed by atoms with Crippen molar-refractivity contribution in [1.82, 2.24) is 15.2 Å². The van der Waals surface area contributed by atoms with Crippen molar-refractivity contribution in [3.63, 3.8) is 0 Å². The van der Waals surface area contributed by atoms with Gasteiger partial charge in [-0.15, -0.1) is 0 Å². The van der Waals surface area contributed by atoms with Crippen LogP contribution in [-0.4, -0.2) is 53.3 Å². The highest BCUT2D eigenvalue weighted by Gasteiger charge is 2.33. The molecule has 2 aromatic rings. The number of alkyl halides is 1. The summed E-state index contributed by atoms with van der Waals surface area (Å²) in [7, 11) is 0. The lowest BCUT2D eigenvalue weighted by Crippen LogP contribution is -2.39. The first kappa shape index (κ1) is 28.4. The topological polar surface area (TPSA) is 80.8 Å². The molecule has 1 aromatic heterocycles. The van der Waals surface area contributed by atoms with E-state index in [1.807, 2.05) is 18.2 Å². The summed E-state index contributed by atoms with van der Waals surface area (Å²) in [6.45, 7) is 6.13. The molecule has 41 heavy (non-hydrogen) atoms. The lowest BCUT2D eigenvalue weighted by molar-refractivity contribution is 0.0525. The second-order valence-corrected chi connectivity index (χ2v) is 11.4. The van der Waals surface area contributed by atoms with Gasteiger partial charge in [-0.3, -0.25) is 4.79 Å². The summed E-state index contributed by atoms with van der Waals surface area (Å²) >= 11 is 0. The Labute approximate surface area is 236 Å². The minimum atomic E-state index is -0.967. The standard InChI is InChI=1S/C31H32F3N3O4/c1-31(2,3)41-30(39)35-17-23-15-21-14-20(16-25(27(21)40-23)24-8-9-26(33)36-28(24)34)18-4-6-19(7-5-18)29(38)37-12-10-22(32)11-13-37/h4-9,15-16,21-22H,10-14,17H2,1-3H3,(H,35,39). The van der Waals surface area contributed by atoms with Gasteiger partial charge in [-0.2, -0.15) is 13.8 Å². The van der Waals surface area contributed by atoms with Crippen LogP contribution >= 0.6 is 0 Å². The van der Waals surface area contributed by atoms with Crippen molar-refractivity contribution < 1.29 is 32.2 Å². The fourth-order valence-corrected chi connectivity index (χ4v) is 5.15. The van der Waals surface area contributed by atoms with Gasteiger partial charge in [0.1, 0.15) is 23.3 Å². The van der Waals surface area contributed by atoms with Crippen molar-refractivity contribution in [3.8, 4) is 0 Å². The average molecular weight is 568 g/mol. The highest BCUT2D eigenvalue weighted by atomic mass is 19.1. The van der Waals surface area contributed by atoms with E-state index in [-0.39, 0.29) is 23.9 Å². The van der Waals surface area contributed by atoms with Crippen LogP contribution in [0.2, 0.25) is 0 Å². The number of halogens is 3. The number of amides is 2. The number of fused-ring (bicyclic) bond motifs is 1. The molecule has 0 saturated carbocycles. The molecule has 7 nitrogen and oxygen atoms in total. The number of hydrogen-bond donors (Lipinski definition) is 1. The van der Waals surface area contributed by atoms with Crippen molar-refractivity contribution >= 4 is 23.1 Å². The van der Waals surface area contributed by atoms with Gasteiger partial charge >= 0.3 is 6.09 Å². The number of carbonyl (C=O) groups excluding carboxylic acids is 2. The predicted octanol–water partition coefficient (Wildman–Crippen LogP) is 6.19. The van der Waals surface area contributed by atoms with Crippen molar-refractivity contribution in [2.24, 2.45) is 5.92 Å². The molecule has 1 aliphatic carbocycles. The molecular formula is C31H32F3N3O4. The van der Waals surface area contributed by atoms with Crippen LogP contribution in [0.3, 0.4) is 0 Å². The molecule has 10 heteroatoms.